The predicted octanol–water partition coefficient (Wildman–Crippen LogP) is 5.27. The Morgan fingerprint density at radius 3 is 2.41 bits per heavy atom. The Kier molecular flexibility index (Phi) is 4.34. The summed E-state index contributed by atoms with van der Waals surface area (Å²) < 4.78 is 2.27. The summed E-state index contributed by atoms with van der Waals surface area (Å²) in [6, 6.07) is 17.1. The zero-order chi connectivity index (χ0) is 15.5. The van der Waals surface area contributed by atoms with Crippen molar-refractivity contribution in [3.05, 3.63) is 65.9 Å². The van der Waals surface area contributed by atoms with Crippen LogP contribution in [0.4, 0.5) is 0 Å². The molecule has 112 valence electrons. The minimum Gasteiger partial charge on any atom is -0.287 e. The van der Waals surface area contributed by atoms with Crippen LogP contribution in [0.15, 0.2) is 59.9 Å². The van der Waals surface area contributed by atoms with Gasteiger partial charge in [0.1, 0.15) is 0 Å². The van der Waals surface area contributed by atoms with Crippen LogP contribution in [0.5, 0.6) is 0 Å². The van der Waals surface area contributed by atoms with Gasteiger partial charge in [0.05, 0.1) is 17.6 Å². The maximum Gasteiger partial charge on any atom is 0.173 e. The summed E-state index contributed by atoms with van der Waals surface area (Å²) in [6.07, 6.45) is 1.98. The molecule has 0 aliphatic carbocycles. The largest absolute Gasteiger partial charge is 0.287 e. The first-order valence-corrected chi connectivity index (χ1v) is 8.53. The monoisotopic (exact) mass is 308 g/mol. The van der Waals surface area contributed by atoms with E-state index in [4.69, 9.17) is 0 Å². The zero-order valence-electron chi connectivity index (χ0n) is 13.2. The molecule has 0 unspecified atom stereocenters. The van der Waals surface area contributed by atoms with E-state index in [1.54, 1.807) is 11.8 Å². The lowest BCUT2D eigenvalue weighted by molar-refractivity contribution is 0.893. The van der Waals surface area contributed by atoms with Crippen LogP contribution >= 0.6 is 11.8 Å². The molecule has 0 fully saturated rings. The second-order valence-electron chi connectivity index (χ2n) is 5.35. The summed E-state index contributed by atoms with van der Waals surface area (Å²) >= 11 is 1.78. The maximum atomic E-state index is 4.65. The van der Waals surface area contributed by atoms with Crippen molar-refractivity contribution in [1.82, 2.24) is 9.55 Å². The first kappa shape index (κ1) is 14.9. The van der Waals surface area contributed by atoms with Gasteiger partial charge in [-0.05, 0) is 31.2 Å². The van der Waals surface area contributed by atoms with Crippen LogP contribution < -0.4 is 0 Å². The van der Waals surface area contributed by atoms with Gasteiger partial charge in [-0.15, -0.1) is 0 Å². The zero-order valence-corrected chi connectivity index (χ0v) is 14.0. The lowest BCUT2D eigenvalue weighted by Gasteiger charge is -2.14. The number of hydrogen-bond acceptors (Lipinski definition) is 2. The first-order chi connectivity index (χ1) is 10.7. The molecule has 1 aromatic heterocycles. The molecule has 0 N–H and O–H groups in total. The number of rotatable bonds is 4. The van der Waals surface area contributed by atoms with Crippen LogP contribution in [0, 0.1) is 13.8 Å². The molecular formula is C19H20N2S. The molecule has 0 atom stereocenters. The third-order valence-electron chi connectivity index (χ3n) is 3.71. The summed E-state index contributed by atoms with van der Waals surface area (Å²) in [6.45, 7) is 6.42. The summed E-state index contributed by atoms with van der Waals surface area (Å²) in [5.41, 5.74) is 6.07. The van der Waals surface area contributed by atoms with Gasteiger partial charge in [-0.2, -0.15) is 0 Å². The van der Waals surface area contributed by atoms with Crippen molar-refractivity contribution in [2.75, 3.05) is 5.75 Å². The molecule has 0 saturated carbocycles. The highest BCUT2D eigenvalue weighted by molar-refractivity contribution is 7.99. The highest BCUT2D eigenvalue weighted by atomic mass is 32.2. The van der Waals surface area contributed by atoms with Crippen molar-refractivity contribution in [2.24, 2.45) is 0 Å². The first-order valence-electron chi connectivity index (χ1n) is 7.54. The highest BCUT2D eigenvalue weighted by Gasteiger charge is 2.14. The van der Waals surface area contributed by atoms with E-state index in [1.165, 1.54) is 22.4 Å². The predicted molar refractivity (Wildman–Crippen MR) is 94.9 cm³/mol. The Hall–Kier alpha value is -2.00. The van der Waals surface area contributed by atoms with Crippen LogP contribution in [0.25, 0.3) is 16.9 Å². The third-order valence-corrected chi connectivity index (χ3v) is 4.54. The summed E-state index contributed by atoms with van der Waals surface area (Å²) in [5, 5.41) is 1.05. The fourth-order valence-corrected chi connectivity index (χ4v) is 3.25. The third kappa shape index (κ3) is 2.81. The molecule has 2 aromatic carbocycles. The average Bonchev–Trinajstić information content (AvgIpc) is 2.92. The average molecular weight is 308 g/mol. The number of aromatic nitrogens is 2. The molecule has 0 spiro atoms. The Balaban J connectivity index is 2.20. The minimum atomic E-state index is 1.01. The van der Waals surface area contributed by atoms with E-state index in [-0.39, 0.29) is 0 Å². The molecule has 0 amide bonds. The van der Waals surface area contributed by atoms with Gasteiger partial charge in [0, 0.05) is 5.56 Å². The highest BCUT2D eigenvalue weighted by Crippen LogP contribution is 2.31. The fourth-order valence-electron chi connectivity index (χ4n) is 2.54. The molecule has 3 aromatic rings. The van der Waals surface area contributed by atoms with E-state index < -0.39 is 0 Å². The molecule has 0 saturated heterocycles. The van der Waals surface area contributed by atoms with E-state index in [2.05, 4.69) is 78.9 Å². The van der Waals surface area contributed by atoms with Crippen molar-refractivity contribution in [2.45, 2.75) is 25.9 Å². The van der Waals surface area contributed by atoms with Gasteiger partial charge < -0.3 is 0 Å². The van der Waals surface area contributed by atoms with Crippen molar-refractivity contribution >= 4 is 11.8 Å². The van der Waals surface area contributed by atoms with Crippen LogP contribution in [0.3, 0.4) is 0 Å². The number of hydrogen-bond donors (Lipinski definition) is 0. The topological polar surface area (TPSA) is 17.8 Å². The second kappa shape index (κ2) is 6.41. The number of para-hydroxylation sites is 1. The van der Waals surface area contributed by atoms with Gasteiger partial charge in [-0.3, -0.25) is 4.57 Å². The second-order valence-corrected chi connectivity index (χ2v) is 6.58. The van der Waals surface area contributed by atoms with Crippen molar-refractivity contribution in [3.63, 3.8) is 0 Å². The number of benzene rings is 2. The molecule has 0 radical (unpaired) electrons. The maximum absolute atomic E-state index is 4.65. The molecule has 3 heteroatoms. The Morgan fingerprint density at radius 2 is 1.73 bits per heavy atom. The van der Waals surface area contributed by atoms with Gasteiger partial charge in [0.15, 0.2) is 5.16 Å². The summed E-state index contributed by atoms with van der Waals surface area (Å²) in [4.78, 5) is 4.65. The normalized spacial score (nSPS) is 10.9. The molecule has 2 nitrogen and oxygen atoms in total. The SMILES string of the molecule is CCSc1ncc(-c2ccc(C)cc2)n1-c1ccccc1C. The van der Waals surface area contributed by atoms with Crippen molar-refractivity contribution < 1.29 is 0 Å². The fraction of sp³-hybridized carbons (Fsp3) is 0.211. The quantitative estimate of drug-likeness (QED) is 0.611. The van der Waals surface area contributed by atoms with Crippen LogP contribution in [-0.4, -0.2) is 15.3 Å². The van der Waals surface area contributed by atoms with E-state index >= 15 is 0 Å². The number of aryl methyl sites for hydroxylation is 2. The Bertz CT molecular complexity index is 772. The molecule has 3 rings (SSSR count). The van der Waals surface area contributed by atoms with Gasteiger partial charge in [0.2, 0.25) is 0 Å². The lowest BCUT2D eigenvalue weighted by Crippen LogP contribution is -2.01. The molecule has 22 heavy (non-hydrogen) atoms. The van der Waals surface area contributed by atoms with Gasteiger partial charge in [0.25, 0.3) is 0 Å². The van der Waals surface area contributed by atoms with E-state index in [0.717, 1.165) is 16.6 Å². The van der Waals surface area contributed by atoms with Gasteiger partial charge >= 0.3 is 0 Å². The molecule has 0 aliphatic rings. The van der Waals surface area contributed by atoms with E-state index in [0.29, 0.717) is 0 Å². The van der Waals surface area contributed by atoms with Crippen LogP contribution in [0.2, 0.25) is 0 Å². The van der Waals surface area contributed by atoms with Gasteiger partial charge in [-0.25, -0.2) is 4.98 Å². The lowest BCUT2D eigenvalue weighted by atomic mass is 10.1. The molecule has 1 heterocycles. The van der Waals surface area contributed by atoms with Gasteiger partial charge in [-0.1, -0.05) is 66.7 Å². The Labute approximate surface area is 136 Å². The number of nitrogens with zero attached hydrogens (tertiary/aromatic N) is 2. The molecule has 0 bridgehead atoms. The van der Waals surface area contributed by atoms with Crippen LogP contribution in [0.1, 0.15) is 18.1 Å². The molecular weight excluding hydrogens is 288 g/mol. The van der Waals surface area contributed by atoms with Crippen molar-refractivity contribution in [3.8, 4) is 16.9 Å². The Morgan fingerprint density at radius 1 is 1.00 bits per heavy atom. The van der Waals surface area contributed by atoms with E-state index in [1.807, 2.05) is 6.20 Å². The van der Waals surface area contributed by atoms with Crippen LogP contribution in [-0.2, 0) is 0 Å². The van der Waals surface area contributed by atoms with E-state index in [9.17, 15) is 0 Å². The summed E-state index contributed by atoms with van der Waals surface area (Å²) in [7, 11) is 0. The minimum absolute atomic E-state index is 1.01. The number of imidazole rings is 1. The molecule has 0 aliphatic heterocycles. The van der Waals surface area contributed by atoms with Crippen molar-refractivity contribution in [1.29, 1.82) is 0 Å². The summed E-state index contributed by atoms with van der Waals surface area (Å²) in [5.74, 6) is 1.01. The smallest absolute Gasteiger partial charge is 0.173 e. The standard InChI is InChI=1S/C19H20N2S/c1-4-22-19-20-13-18(16-11-9-14(2)10-12-16)21(19)17-8-6-5-7-15(17)3/h5-13H,4H2,1-3H3. The number of thioether (sulfide) groups is 1.